The minimum absolute atomic E-state index is 0.0119. The van der Waals surface area contributed by atoms with E-state index in [1.165, 1.54) is 0 Å². The maximum Gasteiger partial charge on any atom is 0.434 e. The molecule has 0 unspecified atom stereocenters. The van der Waals surface area contributed by atoms with Gasteiger partial charge in [-0.2, -0.15) is 13.2 Å². The van der Waals surface area contributed by atoms with Gasteiger partial charge >= 0.3 is 6.18 Å². The molecule has 0 fully saturated rings. The van der Waals surface area contributed by atoms with E-state index in [0.29, 0.717) is 27.7 Å². The molecule has 3 rings (SSSR count). The average molecular weight is 361 g/mol. The Morgan fingerprint density at radius 1 is 1.39 bits per heavy atom. The fourth-order valence-corrected chi connectivity index (χ4v) is 2.81. The molecule has 120 valence electrons. The number of carbonyl (C=O) groups is 1. The van der Waals surface area contributed by atoms with Crippen molar-refractivity contribution in [2.24, 2.45) is 0 Å². The number of alkyl halides is 3. The monoisotopic (exact) mass is 360 g/mol. The van der Waals surface area contributed by atoms with Crippen LogP contribution in [0, 0.1) is 0 Å². The number of thiazole rings is 1. The van der Waals surface area contributed by atoms with Gasteiger partial charge < -0.3 is 4.74 Å². The number of fused-ring (bicyclic) bond motifs is 1. The quantitative estimate of drug-likeness (QED) is 0.872. The molecule has 2 heterocycles. The number of nitrogens with one attached hydrogen (secondary N) is 1. The summed E-state index contributed by atoms with van der Waals surface area (Å²) in [5.74, 6) is 0.0123. The van der Waals surface area contributed by atoms with E-state index in [0.717, 1.165) is 5.38 Å². The van der Waals surface area contributed by atoms with Gasteiger partial charge in [-0.1, -0.05) is 11.6 Å². The van der Waals surface area contributed by atoms with Gasteiger partial charge in [0.2, 0.25) is 0 Å². The van der Waals surface area contributed by atoms with Crippen molar-refractivity contribution in [3.8, 4) is 5.75 Å². The second-order valence-electron chi connectivity index (χ2n) is 4.63. The standard InChI is InChI=1S/C14H8ClF3N2O2S/c15-9-1-2-10-7(4-9)3-8(5-22-10)12(21)20-13-19-11(6-23-13)14(16,17)18/h1-4,6H,5H2,(H,19,20,21). The van der Waals surface area contributed by atoms with E-state index in [1.54, 1.807) is 24.3 Å². The molecular weight excluding hydrogens is 353 g/mol. The van der Waals surface area contributed by atoms with Crippen molar-refractivity contribution in [3.05, 3.63) is 45.4 Å². The first-order valence-corrected chi connectivity index (χ1v) is 7.56. The first-order chi connectivity index (χ1) is 10.8. The minimum Gasteiger partial charge on any atom is -0.488 e. The highest BCUT2D eigenvalue weighted by atomic mass is 35.5. The van der Waals surface area contributed by atoms with Crippen molar-refractivity contribution in [2.45, 2.75) is 6.18 Å². The van der Waals surface area contributed by atoms with Gasteiger partial charge in [0.1, 0.15) is 12.4 Å². The average Bonchev–Trinajstić information content (AvgIpc) is 2.95. The summed E-state index contributed by atoms with van der Waals surface area (Å²) in [5, 5.41) is 3.54. The molecule has 9 heteroatoms. The van der Waals surface area contributed by atoms with E-state index in [4.69, 9.17) is 16.3 Å². The highest BCUT2D eigenvalue weighted by molar-refractivity contribution is 7.14. The van der Waals surface area contributed by atoms with E-state index >= 15 is 0 Å². The molecule has 1 N–H and O–H groups in total. The SMILES string of the molecule is O=C(Nc1nc(C(F)(F)F)cs1)C1=Cc2cc(Cl)ccc2OC1. The Bertz CT molecular complexity index is 802. The molecule has 0 saturated heterocycles. The van der Waals surface area contributed by atoms with Gasteiger partial charge in [-0.3, -0.25) is 10.1 Å². The summed E-state index contributed by atoms with van der Waals surface area (Å²) in [5.41, 5.74) is -0.142. The summed E-state index contributed by atoms with van der Waals surface area (Å²) in [6, 6.07) is 4.97. The molecule has 1 aromatic carbocycles. The molecule has 0 bridgehead atoms. The summed E-state index contributed by atoms with van der Waals surface area (Å²) in [6.07, 6.45) is -2.96. The van der Waals surface area contributed by atoms with E-state index in [2.05, 4.69) is 10.3 Å². The number of anilines is 1. The Labute approximate surface area is 137 Å². The lowest BCUT2D eigenvalue weighted by Crippen LogP contribution is -2.21. The van der Waals surface area contributed by atoms with Gasteiger partial charge in [-0.05, 0) is 24.3 Å². The first-order valence-electron chi connectivity index (χ1n) is 6.30. The third-order valence-electron chi connectivity index (χ3n) is 2.99. The number of ether oxygens (including phenoxy) is 1. The number of amides is 1. The molecule has 0 aliphatic carbocycles. The number of rotatable bonds is 2. The molecule has 0 radical (unpaired) electrons. The number of halogens is 4. The topological polar surface area (TPSA) is 51.2 Å². The molecule has 0 spiro atoms. The molecule has 2 aromatic rings. The lowest BCUT2D eigenvalue weighted by Gasteiger charge is -2.17. The summed E-state index contributed by atoms with van der Waals surface area (Å²) in [6.45, 7) is 0.0119. The predicted octanol–water partition coefficient (Wildman–Crippen LogP) is 4.23. The molecule has 1 aliphatic rings. The zero-order valence-electron chi connectivity index (χ0n) is 11.3. The van der Waals surface area contributed by atoms with Crippen LogP contribution in [-0.4, -0.2) is 17.5 Å². The van der Waals surface area contributed by atoms with Crippen LogP contribution in [0.1, 0.15) is 11.3 Å². The lowest BCUT2D eigenvalue weighted by molar-refractivity contribution is -0.140. The summed E-state index contributed by atoms with van der Waals surface area (Å²) < 4.78 is 42.9. The smallest absolute Gasteiger partial charge is 0.434 e. The maximum absolute atomic E-state index is 12.5. The second kappa shape index (κ2) is 5.86. The number of nitrogens with zero attached hydrogens (tertiary/aromatic N) is 1. The predicted molar refractivity (Wildman–Crippen MR) is 80.7 cm³/mol. The minimum atomic E-state index is -4.54. The van der Waals surface area contributed by atoms with Crippen LogP contribution in [-0.2, 0) is 11.0 Å². The zero-order valence-corrected chi connectivity index (χ0v) is 12.9. The number of aromatic nitrogens is 1. The van der Waals surface area contributed by atoms with Gasteiger partial charge in [0.05, 0.1) is 5.57 Å². The fraction of sp³-hybridized carbons (Fsp3) is 0.143. The summed E-state index contributed by atoms with van der Waals surface area (Å²) in [7, 11) is 0. The van der Waals surface area contributed by atoms with Crippen molar-refractivity contribution in [1.82, 2.24) is 4.98 Å². The highest BCUT2D eigenvalue weighted by Crippen LogP contribution is 2.32. The third kappa shape index (κ3) is 3.48. The van der Waals surface area contributed by atoms with Crippen LogP contribution in [0.5, 0.6) is 5.75 Å². The van der Waals surface area contributed by atoms with Crippen LogP contribution in [0.25, 0.3) is 6.08 Å². The van der Waals surface area contributed by atoms with E-state index in [-0.39, 0.29) is 17.3 Å². The van der Waals surface area contributed by atoms with Crippen molar-refractivity contribution in [3.63, 3.8) is 0 Å². The highest BCUT2D eigenvalue weighted by Gasteiger charge is 2.34. The molecule has 4 nitrogen and oxygen atoms in total. The van der Waals surface area contributed by atoms with Crippen molar-refractivity contribution < 1.29 is 22.7 Å². The normalized spacial score (nSPS) is 13.8. The number of carbonyl (C=O) groups excluding carboxylic acids is 1. The van der Waals surface area contributed by atoms with Crippen molar-refractivity contribution in [1.29, 1.82) is 0 Å². The lowest BCUT2D eigenvalue weighted by atomic mass is 10.1. The summed E-state index contributed by atoms with van der Waals surface area (Å²) >= 11 is 6.58. The van der Waals surface area contributed by atoms with Gasteiger partial charge in [0, 0.05) is 16.0 Å². The number of hydrogen-bond acceptors (Lipinski definition) is 4. The first kappa shape index (κ1) is 15.8. The van der Waals surface area contributed by atoms with Crippen LogP contribution < -0.4 is 10.1 Å². The zero-order chi connectivity index (χ0) is 16.6. The third-order valence-corrected chi connectivity index (χ3v) is 3.98. The molecule has 1 aromatic heterocycles. The van der Waals surface area contributed by atoms with Crippen molar-refractivity contribution in [2.75, 3.05) is 11.9 Å². The molecule has 0 atom stereocenters. The van der Waals surface area contributed by atoms with E-state index in [1.807, 2.05) is 0 Å². The van der Waals surface area contributed by atoms with Crippen LogP contribution in [0.15, 0.2) is 29.2 Å². The Morgan fingerprint density at radius 3 is 2.87 bits per heavy atom. The van der Waals surface area contributed by atoms with E-state index < -0.39 is 17.8 Å². The summed E-state index contributed by atoms with van der Waals surface area (Å²) in [4.78, 5) is 15.5. The Hall–Kier alpha value is -2.06. The van der Waals surface area contributed by atoms with Crippen LogP contribution in [0.4, 0.5) is 18.3 Å². The van der Waals surface area contributed by atoms with Crippen LogP contribution >= 0.6 is 22.9 Å². The molecule has 23 heavy (non-hydrogen) atoms. The van der Waals surface area contributed by atoms with Gasteiger partial charge in [0.25, 0.3) is 5.91 Å². The van der Waals surface area contributed by atoms with Crippen molar-refractivity contribution >= 4 is 40.1 Å². The van der Waals surface area contributed by atoms with Gasteiger partial charge in [-0.25, -0.2) is 4.98 Å². The molecular formula is C14H8ClF3N2O2S. The molecule has 1 aliphatic heterocycles. The Morgan fingerprint density at radius 2 is 2.17 bits per heavy atom. The maximum atomic E-state index is 12.5. The number of hydrogen-bond donors (Lipinski definition) is 1. The van der Waals surface area contributed by atoms with Crippen LogP contribution in [0.3, 0.4) is 0 Å². The molecule has 0 saturated carbocycles. The van der Waals surface area contributed by atoms with Crippen LogP contribution in [0.2, 0.25) is 5.02 Å². The Kier molecular flexibility index (Phi) is 4.03. The Balaban J connectivity index is 1.78. The fourth-order valence-electron chi connectivity index (χ4n) is 1.92. The van der Waals surface area contributed by atoms with Gasteiger partial charge in [-0.15, -0.1) is 11.3 Å². The number of benzene rings is 1. The van der Waals surface area contributed by atoms with E-state index in [9.17, 15) is 18.0 Å². The molecule has 1 amide bonds. The van der Waals surface area contributed by atoms with Gasteiger partial charge in [0.15, 0.2) is 10.8 Å². The largest absolute Gasteiger partial charge is 0.488 e. The second-order valence-corrected chi connectivity index (χ2v) is 5.92.